The zero-order chi connectivity index (χ0) is 14.6. The van der Waals surface area contributed by atoms with Gasteiger partial charge in [0, 0.05) is 5.69 Å². The van der Waals surface area contributed by atoms with Gasteiger partial charge in [0.15, 0.2) is 0 Å². The monoisotopic (exact) mass is 281 g/mol. The maximum Gasteiger partial charge on any atom is 0.307 e. The third-order valence-electron chi connectivity index (χ3n) is 2.34. The minimum absolute atomic E-state index is 0.0325. The molecule has 0 saturated carbocycles. The third kappa shape index (κ3) is 7.50. The fourth-order valence-corrected chi connectivity index (χ4v) is 1.36. The number of ether oxygens (including phenoxy) is 3. The third-order valence-corrected chi connectivity index (χ3v) is 2.34. The molecule has 110 valence electrons. The Kier molecular flexibility index (Phi) is 8.02. The first kappa shape index (κ1) is 16.1. The van der Waals surface area contributed by atoms with Crippen molar-refractivity contribution in [3.63, 3.8) is 0 Å². The Morgan fingerprint density at radius 1 is 1.05 bits per heavy atom. The Morgan fingerprint density at radius 2 is 1.75 bits per heavy atom. The summed E-state index contributed by atoms with van der Waals surface area (Å²) in [5, 5.41) is 2.70. The van der Waals surface area contributed by atoms with Gasteiger partial charge in [0.25, 0.3) is 0 Å². The van der Waals surface area contributed by atoms with E-state index in [1.54, 1.807) is 12.1 Å². The molecule has 0 aliphatic carbocycles. The lowest BCUT2D eigenvalue weighted by Gasteiger charge is -2.06. The summed E-state index contributed by atoms with van der Waals surface area (Å²) in [5.74, 6) is -0.529. The van der Waals surface area contributed by atoms with Gasteiger partial charge in [0.05, 0.1) is 33.4 Å². The van der Waals surface area contributed by atoms with Gasteiger partial charge < -0.3 is 19.5 Å². The number of esters is 1. The van der Waals surface area contributed by atoms with Crippen LogP contribution in [0.25, 0.3) is 0 Å². The lowest BCUT2D eigenvalue weighted by Crippen LogP contribution is -2.20. The van der Waals surface area contributed by atoms with Gasteiger partial charge in [-0.25, -0.2) is 0 Å². The number of methoxy groups -OCH3 is 1. The number of nitrogens with one attached hydrogen (secondary N) is 1. The van der Waals surface area contributed by atoms with E-state index in [0.29, 0.717) is 13.2 Å². The van der Waals surface area contributed by atoms with Crippen molar-refractivity contribution in [2.75, 3.05) is 38.9 Å². The Morgan fingerprint density at radius 3 is 2.45 bits per heavy atom. The summed E-state index contributed by atoms with van der Waals surface area (Å²) >= 11 is 0. The first-order valence-corrected chi connectivity index (χ1v) is 6.29. The zero-order valence-electron chi connectivity index (χ0n) is 11.5. The average molecular weight is 281 g/mol. The molecule has 6 heteroatoms. The number of amides is 1. The molecule has 1 aromatic carbocycles. The standard InChI is InChI=1S/C14H19NO5/c1-18-14(17)7-8-19-9-10-20-11-13(16)15-12-5-3-2-4-6-12/h2-6H,7-11H2,1H3,(H,15,16). The van der Waals surface area contributed by atoms with Crippen molar-refractivity contribution >= 4 is 17.6 Å². The van der Waals surface area contributed by atoms with E-state index >= 15 is 0 Å². The van der Waals surface area contributed by atoms with Gasteiger partial charge in [-0.2, -0.15) is 0 Å². The fraction of sp³-hybridized carbons (Fsp3) is 0.429. The molecule has 0 aliphatic rings. The highest BCUT2D eigenvalue weighted by Gasteiger charge is 2.02. The van der Waals surface area contributed by atoms with Crippen molar-refractivity contribution in [2.45, 2.75) is 6.42 Å². The maximum absolute atomic E-state index is 11.5. The van der Waals surface area contributed by atoms with Crippen LogP contribution in [0.4, 0.5) is 5.69 Å². The predicted molar refractivity (Wildman–Crippen MR) is 73.3 cm³/mol. The molecule has 1 rings (SSSR count). The predicted octanol–water partition coefficient (Wildman–Crippen LogP) is 1.22. The van der Waals surface area contributed by atoms with Crippen LogP contribution < -0.4 is 5.32 Å². The summed E-state index contributed by atoms with van der Waals surface area (Å²) < 4.78 is 14.8. The molecule has 0 bridgehead atoms. The largest absolute Gasteiger partial charge is 0.469 e. The van der Waals surface area contributed by atoms with Gasteiger partial charge >= 0.3 is 5.97 Å². The maximum atomic E-state index is 11.5. The van der Waals surface area contributed by atoms with Crippen LogP contribution >= 0.6 is 0 Å². The van der Waals surface area contributed by atoms with Crippen LogP contribution in [0.2, 0.25) is 0 Å². The molecule has 0 fully saturated rings. The van der Waals surface area contributed by atoms with Gasteiger partial charge in [0.1, 0.15) is 6.61 Å². The van der Waals surface area contributed by atoms with Crippen LogP contribution in [-0.4, -0.2) is 45.4 Å². The van der Waals surface area contributed by atoms with E-state index in [0.717, 1.165) is 5.69 Å². The normalized spacial score (nSPS) is 10.1. The van der Waals surface area contributed by atoms with Crippen LogP contribution in [0, 0.1) is 0 Å². The van der Waals surface area contributed by atoms with Crippen molar-refractivity contribution in [3.05, 3.63) is 30.3 Å². The quantitative estimate of drug-likeness (QED) is 0.544. The molecule has 0 unspecified atom stereocenters. The molecule has 1 N–H and O–H groups in total. The molecule has 6 nitrogen and oxygen atoms in total. The Bertz CT molecular complexity index is 407. The first-order chi connectivity index (χ1) is 9.72. The molecule has 1 aromatic rings. The number of anilines is 1. The Balaban J connectivity index is 1.98. The van der Waals surface area contributed by atoms with Gasteiger partial charge in [-0.3, -0.25) is 9.59 Å². The summed E-state index contributed by atoms with van der Waals surface area (Å²) in [4.78, 5) is 22.3. The number of carbonyl (C=O) groups excluding carboxylic acids is 2. The molecular formula is C14H19NO5. The Hall–Kier alpha value is -1.92. The summed E-state index contributed by atoms with van der Waals surface area (Å²) in [6.45, 7) is 0.875. The second kappa shape index (κ2) is 9.94. The van der Waals surface area contributed by atoms with Crippen LogP contribution in [0.3, 0.4) is 0 Å². The molecule has 1 amide bonds. The van der Waals surface area contributed by atoms with E-state index in [9.17, 15) is 9.59 Å². The van der Waals surface area contributed by atoms with E-state index in [1.807, 2.05) is 18.2 Å². The number of benzene rings is 1. The van der Waals surface area contributed by atoms with Gasteiger partial charge in [-0.1, -0.05) is 18.2 Å². The van der Waals surface area contributed by atoms with Crippen molar-refractivity contribution in [1.29, 1.82) is 0 Å². The lowest BCUT2D eigenvalue weighted by molar-refractivity contribution is -0.141. The van der Waals surface area contributed by atoms with Crippen molar-refractivity contribution in [3.8, 4) is 0 Å². The van der Waals surface area contributed by atoms with E-state index in [4.69, 9.17) is 9.47 Å². The highest BCUT2D eigenvalue weighted by atomic mass is 16.5. The van der Waals surface area contributed by atoms with E-state index < -0.39 is 0 Å². The number of carbonyl (C=O) groups is 2. The highest BCUT2D eigenvalue weighted by Crippen LogP contribution is 2.04. The molecule has 0 atom stereocenters. The Labute approximate surface area is 118 Å². The van der Waals surface area contributed by atoms with Crippen LogP contribution in [0.15, 0.2) is 30.3 Å². The molecule has 0 aliphatic heterocycles. The number of rotatable bonds is 9. The summed E-state index contributed by atoms with van der Waals surface area (Å²) in [6.07, 6.45) is 0.213. The van der Waals surface area contributed by atoms with Gasteiger partial charge in [-0.15, -0.1) is 0 Å². The molecule has 0 heterocycles. The second-order valence-electron chi connectivity index (χ2n) is 3.91. The number of para-hydroxylation sites is 1. The lowest BCUT2D eigenvalue weighted by atomic mass is 10.3. The molecule has 0 aromatic heterocycles. The summed E-state index contributed by atoms with van der Waals surface area (Å²) in [6, 6.07) is 9.15. The molecule has 20 heavy (non-hydrogen) atoms. The fourth-order valence-electron chi connectivity index (χ4n) is 1.36. The summed E-state index contributed by atoms with van der Waals surface area (Å²) in [7, 11) is 1.33. The van der Waals surface area contributed by atoms with Crippen molar-refractivity contribution < 1.29 is 23.8 Å². The van der Waals surface area contributed by atoms with E-state index in [1.165, 1.54) is 7.11 Å². The molecule has 0 radical (unpaired) electrons. The topological polar surface area (TPSA) is 73.9 Å². The number of hydrogen-bond donors (Lipinski definition) is 1. The van der Waals surface area contributed by atoms with E-state index in [-0.39, 0.29) is 31.5 Å². The highest BCUT2D eigenvalue weighted by molar-refractivity contribution is 5.91. The van der Waals surface area contributed by atoms with Gasteiger partial charge in [0.2, 0.25) is 5.91 Å². The molecule has 0 saturated heterocycles. The van der Waals surface area contributed by atoms with Crippen LogP contribution in [0.5, 0.6) is 0 Å². The number of hydrogen-bond acceptors (Lipinski definition) is 5. The van der Waals surface area contributed by atoms with E-state index in [2.05, 4.69) is 10.1 Å². The minimum atomic E-state index is -0.312. The zero-order valence-corrected chi connectivity index (χ0v) is 11.5. The smallest absolute Gasteiger partial charge is 0.307 e. The van der Waals surface area contributed by atoms with Gasteiger partial charge in [-0.05, 0) is 12.1 Å². The van der Waals surface area contributed by atoms with Crippen LogP contribution in [-0.2, 0) is 23.8 Å². The molecule has 0 spiro atoms. The second-order valence-corrected chi connectivity index (χ2v) is 3.91. The summed E-state index contributed by atoms with van der Waals surface area (Å²) in [5.41, 5.74) is 0.732. The molecular weight excluding hydrogens is 262 g/mol. The first-order valence-electron chi connectivity index (χ1n) is 6.29. The van der Waals surface area contributed by atoms with Crippen LogP contribution in [0.1, 0.15) is 6.42 Å². The minimum Gasteiger partial charge on any atom is -0.469 e. The SMILES string of the molecule is COC(=O)CCOCCOCC(=O)Nc1ccccc1. The average Bonchev–Trinajstić information content (AvgIpc) is 2.47. The van der Waals surface area contributed by atoms with Crippen molar-refractivity contribution in [1.82, 2.24) is 0 Å². The van der Waals surface area contributed by atoms with Crippen molar-refractivity contribution in [2.24, 2.45) is 0 Å².